The van der Waals surface area contributed by atoms with Crippen LogP contribution in [0.1, 0.15) is 30.5 Å². The maximum Gasteiger partial charge on any atom is 0 e. The summed E-state index contributed by atoms with van der Waals surface area (Å²) >= 11 is 0. The Bertz CT molecular complexity index is 337. The van der Waals surface area contributed by atoms with Crippen LogP contribution in [-0.2, 0) is 39.0 Å². The number of hydrogen-bond acceptors (Lipinski definition) is 0. The van der Waals surface area contributed by atoms with Gasteiger partial charge in [-0.05, 0) is 36.5 Å². The zero-order chi connectivity index (χ0) is 8.55. The molecular weight excluding hydrogens is 235 g/mol. The quantitative estimate of drug-likeness (QED) is 0.717. The van der Waals surface area contributed by atoms with Crippen molar-refractivity contribution in [2.75, 3.05) is 0 Å². The Morgan fingerprint density at radius 2 is 2.08 bits per heavy atom. The van der Waals surface area contributed by atoms with Crippen LogP contribution in [-0.4, -0.2) is 0 Å². The van der Waals surface area contributed by atoms with Crippen molar-refractivity contribution < 1.29 is 26.2 Å². The predicted octanol–water partition coefficient (Wildman–Crippen LogP) is 3.21. The standard InChI is InChI=1S/C12H14.Zr/c1-3-10-5-4-6-11-7-9(2)8-12(10)11;/h4-6,8H,3,7H2,1-2H3;. The van der Waals surface area contributed by atoms with Gasteiger partial charge in [0.05, 0.1) is 0 Å². The molecule has 0 saturated heterocycles. The monoisotopic (exact) mass is 248 g/mol. The number of benzene rings is 1. The van der Waals surface area contributed by atoms with Crippen LogP contribution in [0.15, 0.2) is 23.8 Å². The Hall–Kier alpha value is -0.157. The molecule has 0 atom stereocenters. The number of allylic oxidation sites excluding steroid dienone is 1. The molecule has 66 valence electrons. The second-order valence-electron chi connectivity index (χ2n) is 3.51. The van der Waals surface area contributed by atoms with Crippen LogP contribution in [0.3, 0.4) is 0 Å². The third kappa shape index (κ3) is 2.02. The van der Waals surface area contributed by atoms with Gasteiger partial charge in [0, 0.05) is 26.2 Å². The second-order valence-corrected chi connectivity index (χ2v) is 3.51. The smallest absolute Gasteiger partial charge is 0 e. The zero-order valence-corrected chi connectivity index (χ0v) is 10.7. The van der Waals surface area contributed by atoms with Crippen LogP contribution in [0.2, 0.25) is 0 Å². The van der Waals surface area contributed by atoms with Crippen molar-refractivity contribution in [2.24, 2.45) is 0 Å². The topological polar surface area (TPSA) is 0 Å². The van der Waals surface area contributed by atoms with Crippen molar-refractivity contribution in [3.05, 3.63) is 40.5 Å². The van der Waals surface area contributed by atoms with Crippen LogP contribution < -0.4 is 0 Å². The van der Waals surface area contributed by atoms with Gasteiger partial charge in [0.25, 0.3) is 0 Å². The summed E-state index contributed by atoms with van der Waals surface area (Å²) in [6, 6.07) is 6.64. The molecule has 0 amide bonds. The van der Waals surface area contributed by atoms with E-state index in [0.29, 0.717) is 0 Å². The van der Waals surface area contributed by atoms with E-state index in [0.717, 1.165) is 12.8 Å². The summed E-state index contributed by atoms with van der Waals surface area (Å²) in [6.07, 6.45) is 4.63. The number of aryl methyl sites for hydroxylation is 1. The summed E-state index contributed by atoms with van der Waals surface area (Å²) in [4.78, 5) is 0. The van der Waals surface area contributed by atoms with Crippen molar-refractivity contribution in [1.82, 2.24) is 0 Å². The number of hydrogen-bond donors (Lipinski definition) is 0. The van der Waals surface area contributed by atoms with Crippen LogP contribution >= 0.6 is 0 Å². The molecule has 0 aliphatic heterocycles. The van der Waals surface area contributed by atoms with Crippen LogP contribution in [0.25, 0.3) is 6.08 Å². The summed E-state index contributed by atoms with van der Waals surface area (Å²) in [6.45, 7) is 4.43. The van der Waals surface area contributed by atoms with Gasteiger partial charge in [-0.3, -0.25) is 0 Å². The van der Waals surface area contributed by atoms with E-state index in [4.69, 9.17) is 0 Å². The fourth-order valence-electron chi connectivity index (χ4n) is 1.91. The third-order valence-electron chi connectivity index (χ3n) is 2.53. The summed E-state index contributed by atoms with van der Waals surface area (Å²) in [5.41, 5.74) is 5.97. The molecule has 0 heterocycles. The predicted molar refractivity (Wildman–Crippen MR) is 53.2 cm³/mol. The fourth-order valence-corrected chi connectivity index (χ4v) is 1.91. The van der Waals surface area contributed by atoms with Gasteiger partial charge in [0.15, 0.2) is 0 Å². The van der Waals surface area contributed by atoms with Crippen molar-refractivity contribution in [1.29, 1.82) is 0 Å². The molecule has 13 heavy (non-hydrogen) atoms. The molecule has 0 bridgehead atoms. The molecule has 0 N–H and O–H groups in total. The van der Waals surface area contributed by atoms with Gasteiger partial charge in [-0.15, -0.1) is 0 Å². The van der Waals surface area contributed by atoms with Crippen molar-refractivity contribution in [2.45, 2.75) is 26.7 Å². The Kier molecular flexibility index (Phi) is 3.67. The summed E-state index contributed by atoms with van der Waals surface area (Å²) in [5, 5.41) is 0. The van der Waals surface area contributed by atoms with Crippen LogP contribution in [0.4, 0.5) is 0 Å². The summed E-state index contributed by atoms with van der Waals surface area (Å²) in [7, 11) is 0. The SMILES string of the molecule is CCc1cccc2c1C=C(C)C2.[Zr]. The Morgan fingerprint density at radius 3 is 2.77 bits per heavy atom. The van der Waals surface area contributed by atoms with Crippen LogP contribution in [0, 0.1) is 0 Å². The molecule has 0 unspecified atom stereocenters. The van der Waals surface area contributed by atoms with Crippen molar-refractivity contribution in [3.8, 4) is 0 Å². The molecule has 1 aliphatic rings. The first-order valence-corrected chi connectivity index (χ1v) is 4.59. The Labute approximate surface area is 99.2 Å². The van der Waals surface area contributed by atoms with E-state index in [1.165, 1.54) is 22.3 Å². The molecular formula is C12H14Zr. The first-order chi connectivity index (χ1) is 5.81. The minimum Gasteiger partial charge on any atom is -0.0683 e. The Morgan fingerprint density at radius 1 is 1.31 bits per heavy atom. The molecule has 0 radical (unpaired) electrons. The largest absolute Gasteiger partial charge is 0.0683 e. The maximum atomic E-state index is 2.33. The number of rotatable bonds is 1. The second kappa shape index (κ2) is 4.37. The van der Waals surface area contributed by atoms with Crippen molar-refractivity contribution >= 4 is 6.08 Å². The van der Waals surface area contributed by atoms with Gasteiger partial charge in [-0.1, -0.05) is 36.8 Å². The molecule has 0 aromatic heterocycles. The van der Waals surface area contributed by atoms with E-state index in [2.05, 4.69) is 38.1 Å². The van der Waals surface area contributed by atoms with Crippen LogP contribution in [0.5, 0.6) is 0 Å². The fraction of sp³-hybridized carbons (Fsp3) is 0.333. The van der Waals surface area contributed by atoms with Gasteiger partial charge in [0.1, 0.15) is 0 Å². The first kappa shape index (κ1) is 10.9. The summed E-state index contributed by atoms with van der Waals surface area (Å²) < 4.78 is 0. The zero-order valence-electron chi connectivity index (χ0n) is 8.22. The van der Waals surface area contributed by atoms with Gasteiger partial charge >= 0.3 is 0 Å². The molecule has 1 aromatic rings. The molecule has 0 nitrogen and oxygen atoms in total. The van der Waals surface area contributed by atoms with Gasteiger partial charge in [-0.2, -0.15) is 0 Å². The number of fused-ring (bicyclic) bond motifs is 1. The average molecular weight is 249 g/mol. The molecule has 0 saturated carbocycles. The minimum absolute atomic E-state index is 0. The first-order valence-electron chi connectivity index (χ1n) is 4.59. The van der Waals surface area contributed by atoms with E-state index >= 15 is 0 Å². The Balaban J connectivity index is 0.000000845. The normalized spacial score (nSPS) is 13.2. The van der Waals surface area contributed by atoms with E-state index in [9.17, 15) is 0 Å². The van der Waals surface area contributed by atoms with Gasteiger partial charge in [-0.25, -0.2) is 0 Å². The van der Waals surface area contributed by atoms with Crippen molar-refractivity contribution in [3.63, 3.8) is 0 Å². The molecule has 0 spiro atoms. The van der Waals surface area contributed by atoms with E-state index in [1.54, 1.807) is 0 Å². The minimum atomic E-state index is 0. The molecule has 1 heteroatoms. The molecule has 1 aromatic carbocycles. The van der Waals surface area contributed by atoms with Gasteiger partial charge < -0.3 is 0 Å². The summed E-state index contributed by atoms with van der Waals surface area (Å²) in [5.74, 6) is 0. The van der Waals surface area contributed by atoms with E-state index < -0.39 is 0 Å². The van der Waals surface area contributed by atoms with Gasteiger partial charge in [0.2, 0.25) is 0 Å². The average Bonchev–Trinajstić information content (AvgIpc) is 2.44. The maximum absolute atomic E-state index is 2.33. The van der Waals surface area contributed by atoms with E-state index in [-0.39, 0.29) is 26.2 Å². The molecule has 0 fully saturated rings. The third-order valence-corrected chi connectivity index (χ3v) is 2.53. The molecule has 1 aliphatic carbocycles. The molecule has 2 rings (SSSR count). The van der Waals surface area contributed by atoms with E-state index in [1.807, 2.05) is 0 Å².